The van der Waals surface area contributed by atoms with Crippen LogP contribution in [0, 0.1) is 0 Å². The number of rotatable bonds is 6. The first kappa shape index (κ1) is 21.8. The lowest BCUT2D eigenvalue weighted by molar-refractivity contribution is 0.241. The second-order valence-corrected chi connectivity index (χ2v) is 10.4. The fourth-order valence-electron chi connectivity index (χ4n) is 3.67. The molecule has 0 aliphatic carbocycles. The summed E-state index contributed by atoms with van der Waals surface area (Å²) in [6.07, 6.45) is -0.00644. The molecule has 4 rings (SSSR count). The van der Waals surface area contributed by atoms with Gasteiger partial charge >= 0.3 is 0 Å². The van der Waals surface area contributed by atoms with Gasteiger partial charge in [0.2, 0.25) is 0 Å². The van der Waals surface area contributed by atoms with E-state index in [2.05, 4.69) is 0 Å². The predicted octanol–water partition coefficient (Wildman–Crippen LogP) is 4.10. The largest absolute Gasteiger partial charge is 0.489 e. The van der Waals surface area contributed by atoms with Crippen molar-refractivity contribution >= 4 is 21.8 Å². The minimum absolute atomic E-state index is 0.00644. The van der Waals surface area contributed by atoms with Crippen LogP contribution in [0.25, 0.3) is 16.9 Å². The first-order chi connectivity index (χ1) is 14.7. The minimum Gasteiger partial charge on any atom is -0.489 e. The monoisotopic (exact) mass is 460 g/mol. The predicted molar refractivity (Wildman–Crippen MR) is 122 cm³/mol. The van der Waals surface area contributed by atoms with E-state index < -0.39 is 10.2 Å². The Morgan fingerprint density at radius 1 is 1.06 bits per heavy atom. The van der Waals surface area contributed by atoms with Crippen molar-refractivity contribution in [3.8, 4) is 22.7 Å². The fourth-order valence-corrected chi connectivity index (χ4v) is 4.94. The quantitative estimate of drug-likeness (QED) is 0.555. The normalized spacial score (nSPS) is 14.4. The molecule has 0 fully saturated rings. The molecule has 0 saturated heterocycles. The number of ether oxygens (including phenoxy) is 1. The summed E-state index contributed by atoms with van der Waals surface area (Å²) in [6, 6.07) is 15.2. The van der Waals surface area contributed by atoms with Crippen molar-refractivity contribution < 1.29 is 13.2 Å². The van der Waals surface area contributed by atoms with E-state index in [0.29, 0.717) is 16.5 Å². The lowest BCUT2D eigenvalue weighted by atomic mass is 10.1. The number of hydrogen-bond donors (Lipinski definition) is 0. The van der Waals surface area contributed by atoms with Crippen molar-refractivity contribution in [3.05, 3.63) is 64.8 Å². The summed E-state index contributed by atoms with van der Waals surface area (Å²) in [5.74, 6) is 0.699. The van der Waals surface area contributed by atoms with Crippen LogP contribution in [-0.4, -0.2) is 47.0 Å². The van der Waals surface area contributed by atoms with Gasteiger partial charge in [-0.15, -0.1) is 0 Å². The number of fused-ring (bicyclic) bond motifs is 1. The Balaban J connectivity index is 1.90. The van der Waals surface area contributed by atoms with Crippen molar-refractivity contribution in [2.24, 2.45) is 0 Å². The van der Waals surface area contributed by atoms with E-state index in [-0.39, 0.29) is 19.2 Å². The zero-order valence-corrected chi connectivity index (χ0v) is 19.5. The maximum Gasteiger partial charge on any atom is 0.282 e. The third-order valence-electron chi connectivity index (χ3n) is 5.10. The van der Waals surface area contributed by atoms with Crippen LogP contribution in [0.3, 0.4) is 0 Å². The van der Waals surface area contributed by atoms with Gasteiger partial charge in [0, 0.05) is 36.8 Å². The molecule has 9 heteroatoms. The molecule has 3 aromatic rings. The molecule has 0 unspecified atom stereocenters. The Bertz CT molecular complexity index is 1220. The molecule has 7 nitrogen and oxygen atoms in total. The Labute approximate surface area is 188 Å². The number of benzene rings is 2. The highest BCUT2D eigenvalue weighted by molar-refractivity contribution is 7.86. The van der Waals surface area contributed by atoms with Crippen LogP contribution in [0.1, 0.15) is 25.1 Å². The van der Waals surface area contributed by atoms with Crippen molar-refractivity contribution in [2.75, 3.05) is 14.1 Å². The fraction of sp³-hybridized carbons (Fsp3) is 0.318. The summed E-state index contributed by atoms with van der Waals surface area (Å²) in [6.45, 7) is 4.37. The van der Waals surface area contributed by atoms with Crippen molar-refractivity contribution in [1.82, 2.24) is 18.4 Å². The van der Waals surface area contributed by atoms with E-state index in [1.807, 2.05) is 67.1 Å². The van der Waals surface area contributed by atoms with E-state index in [0.717, 1.165) is 22.5 Å². The van der Waals surface area contributed by atoms with Gasteiger partial charge in [-0.05, 0) is 32.0 Å². The number of aromatic nitrogens is 2. The number of para-hydroxylation sites is 2. The molecule has 0 bridgehead atoms. The van der Waals surface area contributed by atoms with Crippen molar-refractivity contribution in [1.29, 1.82) is 0 Å². The molecule has 1 aliphatic rings. The lowest BCUT2D eigenvalue weighted by Gasteiger charge is -2.21. The summed E-state index contributed by atoms with van der Waals surface area (Å²) in [5, 5.41) is 5.39. The molecule has 2 heterocycles. The van der Waals surface area contributed by atoms with Gasteiger partial charge in [0.1, 0.15) is 11.4 Å². The minimum atomic E-state index is -3.57. The molecule has 0 radical (unpaired) electrons. The Morgan fingerprint density at radius 3 is 2.42 bits per heavy atom. The van der Waals surface area contributed by atoms with Gasteiger partial charge in [-0.1, -0.05) is 41.9 Å². The van der Waals surface area contributed by atoms with Crippen LogP contribution < -0.4 is 4.74 Å². The average molecular weight is 461 g/mol. The molecular formula is C22H25ClN4O3S. The third-order valence-corrected chi connectivity index (χ3v) is 7.26. The molecule has 0 amide bonds. The summed E-state index contributed by atoms with van der Waals surface area (Å²) >= 11 is 6.57. The Kier molecular flexibility index (Phi) is 5.83. The molecular weight excluding hydrogens is 436 g/mol. The summed E-state index contributed by atoms with van der Waals surface area (Å²) in [7, 11) is -0.509. The standard InChI is InChI=1S/C22H25ClN4O3S/c1-15(2)30-21-12-8-7-11-20(21)27-22(16-9-5-6-10-18(16)23)17-13-26(14-19(17)24-27)31(28,29)25(3)4/h5-12,15H,13-14H2,1-4H3. The summed E-state index contributed by atoms with van der Waals surface area (Å²) < 4.78 is 35.9. The van der Waals surface area contributed by atoms with Gasteiger partial charge in [-0.2, -0.15) is 22.1 Å². The van der Waals surface area contributed by atoms with Gasteiger partial charge in [0.15, 0.2) is 0 Å². The third kappa shape index (κ3) is 3.96. The van der Waals surface area contributed by atoms with E-state index in [4.69, 9.17) is 21.4 Å². The molecule has 2 aromatic carbocycles. The molecule has 0 saturated carbocycles. The molecule has 164 valence electrons. The zero-order valence-electron chi connectivity index (χ0n) is 17.9. The molecule has 1 aromatic heterocycles. The molecule has 31 heavy (non-hydrogen) atoms. The van der Waals surface area contributed by atoms with Gasteiger partial charge < -0.3 is 4.74 Å². The maximum atomic E-state index is 12.7. The van der Waals surface area contributed by atoms with Crippen LogP contribution in [0.2, 0.25) is 5.02 Å². The lowest BCUT2D eigenvalue weighted by Crippen LogP contribution is -2.36. The van der Waals surface area contributed by atoms with E-state index in [9.17, 15) is 8.42 Å². The van der Waals surface area contributed by atoms with E-state index >= 15 is 0 Å². The maximum absolute atomic E-state index is 12.7. The molecule has 1 aliphatic heterocycles. The highest BCUT2D eigenvalue weighted by Crippen LogP contribution is 2.40. The number of nitrogens with zero attached hydrogens (tertiary/aromatic N) is 4. The molecule has 0 N–H and O–H groups in total. The van der Waals surface area contributed by atoms with Crippen LogP contribution in [0.15, 0.2) is 48.5 Å². The van der Waals surface area contributed by atoms with Crippen molar-refractivity contribution in [2.45, 2.75) is 33.0 Å². The summed E-state index contributed by atoms with van der Waals surface area (Å²) in [5.41, 5.74) is 3.90. The van der Waals surface area contributed by atoms with E-state index in [1.54, 1.807) is 0 Å². The van der Waals surface area contributed by atoms with Gasteiger partial charge in [0.05, 0.1) is 24.0 Å². The first-order valence-electron chi connectivity index (χ1n) is 9.99. The van der Waals surface area contributed by atoms with Gasteiger partial charge in [-0.25, -0.2) is 4.68 Å². The van der Waals surface area contributed by atoms with Gasteiger partial charge in [-0.3, -0.25) is 0 Å². The van der Waals surface area contributed by atoms with E-state index in [1.165, 1.54) is 22.7 Å². The molecule has 0 atom stereocenters. The number of hydrogen-bond acceptors (Lipinski definition) is 4. The van der Waals surface area contributed by atoms with Crippen molar-refractivity contribution in [3.63, 3.8) is 0 Å². The zero-order chi connectivity index (χ0) is 22.3. The highest BCUT2D eigenvalue weighted by atomic mass is 35.5. The Morgan fingerprint density at radius 2 is 1.74 bits per heavy atom. The van der Waals surface area contributed by atoms with Crippen LogP contribution >= 0.6 is 11.6 Å². The Hall–Kier alpha value is -2.39. The van der Waals surface area contributed by atoms with Crippen LogP contribution in [-0.2, 0) is 23.3 Å². The number of halogens is 1. The second-order valence-electron chi connectivity index (χ2n) is 7.86. The van der Waals surface area contributed by atoms with Gasteiger partial charge in [0.25, 0.3) is 10.2 Å². The second kappa shape index (κ2) is 8.27. The molecule has 0 spiro atoms. The average Bonchev–Trinajstić information content (AvgIpc) is 3.27. The topological polar surface area (TPSA) is 67.7 Å². The SMILES string of the molecule is CC(C)Oc1ccccc1-n1nc2c(c1-c1ccccc1Cl)CN(S(=O)(=O)N(C)C)C2. The smallest absolute Gasteiger partial charge is 0.282 e. The van der Waals surface area contributed by atoms with Crippen LogP contribution in [0.5, 0.6) is 5.75 Å². The highest BCUT2D eigenvalue weighted by Gasteiger charge is 2.36. The first-order valence-corrected chi connectivity index (χ1v) is 11.8. The van der Waals surface area contributed by atoms with Crippen LogP contribution in [0.4, 0.5) is 0 Å². The summed E-state index contributed by atoms with van der Waals surface area (Å²) in [4.78, 5) is 0.